The number of benzene rings is 2. The molecule has 0 bridgehead atoms. The maximum absolute atomic E-state index is 12.9. The molecule has 1 saturated heterocycles. The first-order valence-electron chi connectivity index (χ1n) is 9.35. The van der Waals surface area contributed by atoms with Gasteiger partial charge in [0.05, 0.1) is 31.1 Å². The molecule has 2 N–H and O–H groups in total. The number of nitrogens with one attached hydrogen (secondary N) is 2. The van der Waals surface area contributed by atoms with Crippen LogP contribution in [0.1, 0.15) is 5.56 Å². The Balaban J connectivity index is 1.38. The molecule has 7 nitrogen and oxygen atoms in total. The number of carbonyl (C=O) groups excluding carboxylic acids is 1. The molecule has 1 aliphatic rings. The molecule has 2 aromatic rings. The molecule has 0 aromatic heterocycles. The van der Waals surface area contributed by atoms with Gasteiger partial charge in [0.25, 0.3) is 11.6 Å². The van der Waals surface area contributed by atoms with Crippen LogP contribution < -0.4 is 15.1 Å². The van der Waals surface area contributed by atoms with Gasteiger partial charge in [-0.2, -0.15) is 0 Å². The van der Waals surface area contributed by atoms with E-state index in [0.29, 0.717) is 19.5 Å². The predicted octanol–water partition coefficient (Wildman–Crippen LogP) is 0.798. The third-order valence-electron chi connectivity index (χ3n) is 4.96. The molecule has 148 valence electrons. The molecular weight excluding hydrogens is 363 g/mol. The van der Waals surface area contributed by atoms with Crippen molar-refractivity contribution in [1.82, 2.24) is 5.32 Å². The Kier molecular flexibility index (Phi) is 6.54. The summed E-state index contributed by atoms with van der Waals surface area (Å²) in [6.45, 7) is 4.24. The number of anilines is 1. The molecule has 0 aliphatic carbocycles. The smallest absolute Gasteiger partial charge is 0.275 e. The second kappa shape index (κ2) is 9.27. The molecule has 3 rings (SSSR count). The van der Waals surface area contributed by atoms with Crippen molar-refractivity contribution in [3.63, 3.8) is 0 Å². The number of nitrogens with zero attached hydrogens (tertiary/aromatic N) is 2. The average molecular weight is 387 g/mol. The number of hydrogen-bond donors (Lipinski definition) is 2. The number of piperazine rings is 1. The number of rotatable bonds is 7. The molecule has 28 heavy (non-hydrogen) atoms. The lowest BCUT2D eigenvalue weighted by Gasteiger charge is -2.33. The number of non-ortho nitro benzene ring substituents is 1. The summed E-state index contributed by atoms with van der Waals surface area (Å²) in [5.74, 6) is -0.245. The normalized spacial score (nSPS) is 14.7. The molecule has 0 atom stereocenters. The van der Waals surface area contributed by atoms with E-state index in [1.165, 1.54) is 29.2 Å². The highest BCUT2D eigenvalue weighted by Gasteiger charge is 2.22. The molecule has 1 heterocycles. The van der Waals surface area contributed by atoms with Crippen molar-refractivity contribution in [2.45, 2.75) is 6.42 Å². The summed E-state index contributed by atoms with van der Waals surface area (Å²) in [5.41, 5.74) is 2.05. The van der Waals surface area contributed by atoms with Crippen LogP contribution in [0, 0.1) is 15.9 Å². The molecule has 1 fully saturated rings. The lowest BCUT2D eigenvalue weighted by atomic mass is 10.1. The predicted molar refractivity (Wildman–Crippen MR) is 104 cm³/mol. The van der Waals surface area contributed by atoms with E-state index < -0.39 is 4.92 Å². The van der Waals surface area contributed by atoms with E-state index in [0.717, 1.165) is 37.4 Å². The second-order valence-corrected chi connectivity index (χ2v) is 6.91. The number of carbonyl (C=O) groups is 1. The fourth-order valence-corrected chi connectivity index (χ4v) is 3.33. The lowest BCUT2D eigenvalue weighted by molar-refractivity contribution is -0.892. The van der Waals surface area contributed by atoms with E-state index in [9.17, 15) is 19.3 Å². The fraction of sp³-hybridized carbons (Fsp3) is 0.350. The van der Waals surface area contributed by atoms with Crippen LogP contribution in [0.4, 0.5) is 15.8 Å². The summed E-state index contributed by atoms with van der Waals surface area (Å²) in [6.07, 6.45) is 0.676. The monoisotopic (exact) mass is 387 g/mol. The molecule has 2 aromatic carbocycles. The zero-order valence-corrected chi connectivity index (χ0v) is 15.6. The third kappa shape index (κ3) is 5.50. The fourth-order valence-electron chi connectivity index (χ4n) is 3.33. The minimum Gasteiger partial charge on any atom is -0.360 e. The van der Waals surface area contributed by atoms with Crippen LogP contribution in [-0.2, 0) is 11.2 Å². The first-order valence-corrected chi connectivity index (χ1v) is 9.35. The Hall–Kier alpha value is -3.00. The zero-order valence-electron chi connectivity index (χ0n) is 15.6. The highest BCUT2D eigenvalue weighted by Crippen LogP contribution is 2.19. The van der Waals surface area contributed by atoms with E-state index in [2.05, 4.69) is 10.2 Å². The van der Waals surface area contributed by atoms with Crippen molar-refractivity contribution in [3.05, 3.63) is 70.0 Å². The summed E-state index contributed by atoms with van der Waals surface area (Å²) < 4.78 is 12.9. The van der Waals surface area contributed by atoms with Gasteiger partial charge in [0.2, 0.25) is 0 Å². The highest BCUT2D eigenvalue weighted by atomic mass is 19.1. The van der Waals surface area contributed by atoms with Crippen molar-refractivity contribution in [3.8, 4) is 0 Å². The summed E-state index contributed by atoms with van der Waals surface area (Å²) in [4.78, 5) is 25.9. The molecule has 8 heteroatoms. The van der Waals surface area contributed by atoms with Crippen LogP contribution in [-0.4, -0.2) is 50.1 Å². The topological polar surface area (TPSA) is 79.9 Å². The highest BCUT2D eigenvalue weighted by molar-refractivity contribution is 5.76. The average Bonchev–Trinajstić information content (AvgIpc) is 2.70. The Bertz CT molecular complexity index is 803. The van der Waals surface area contributed by atoms with E-state index in [1.54, 1.807) is 24.3 Å². The van der Waals surface area contributed by atoms with Crippen molar-refractivity contribution in [2.24, 2.45) is 0 Å². The van der Waals surface area contributed by atoms with Gasteiger partial charge in [-0.05, 0) is 36.2 Å². The van der Waals surface area contributed by atoms with Crippen LogP contribution in [0.15, 0.2) is 48.5 Å². The van der Waals surface area contributed by atoms with Gasteiger partial charge >= 0.3 is 0 Å². The molecule has 0 spiro atoms. The number of nitro groups is 1. The number of quaternary nitrogens is 1. The van der Waals surface area contributed by atoms with Gasteiger partial charge < -0.3 is 15.1 Å². The maximum Gasteiger partial charge on any atom is 0.275 e. The number of amides is 1. The Morgan fingerprint density at radius 2 is 1.75 bits per heavy atom. The number of halogens is 1. The van der Waals surface area contributed by atoms with Gasteiger partial charge in [-0.3, -0.25) is 14.9 Å². The van der Waals surface area contributed by atoms with Gasteiger partial charge in [0.15, 0.2) is 6.54 Å². The molecule has 0 unspecified atom stereocenters. The Labute approximate surface area is 162 Å². The summed E-state index contributed by atoms with van der Waals surface area (Å²) >= 11 is 0. The zero-order chi connectivity index (χ0) is 19.9. The number of nitro benzene ring substituents is 1. The Morgan fingerprint density at radius 1 is 1.11 bits per heavy atom. The van der Waals surface area contributed by atoms with Crippen LogP contribution in [0.5, 0.6) is 0 Å². The largest absolute Gasteiger partial charge is 0.360 e. The quantitative estimate of drug-likeness (QED) is 0.544. The van der Waals surface area contributed by atoms with Crippen LogP contribution >= 0.6 is 0 Å². The summed E-state index contributed by atoms with van der Waals surface area (Å²) in [6, 6.07) is 12.9. The minimum absolute atomic E-state index is 0.0147. The lowest BCUT2D eigenvalue weighted by Crippen LogP contribution is -3.16. The van der Waals surface area contributed by atoms with Crippen molar-refractivity contribution in [1.29, 1.82) is 0 Å². The van der Waals surface area contributed by atoms with Crippen molar-refractivity contribution < 1.29 is 19.0 Å². The first kappa shape index (κ1) is 19.8. The van der Waals surface area contributed by atoms with Gasteiger partial charge in [0, 0.05) is 24.4 Å². The molecule has 1 aliphatic heterocycles. The van der Waals surface area contributed by atoms with Crippen LogP contribution in [0.2, 0.25) is 0 Å². The van der Waals surface area contributed by atoms with Crippen LogP contribution in [0.25, 0.3) is 0 Å². The maximum atomic E-state index is 12.9. The van der Waals surface area contributed by atoms with Crippen molar-refractivity contribution in [2.75, 3.05) is 44.2 Å². The molecule has 0 radical (unpaired) electrons. The van der Waals surface area contributed by atoms with Gasteiger partial charge in [-0.1, -0.05) is 12.1 Å². The van der Waals surface area contributed by atoms with E-state index in [1.807, 2.05) is 0 Å². The standard InChI is InChI=1S/C20H23FN4O3/c21-17-3-1-16(2-4-17)9-10-22-20(26)15-23-11-13-24(14-12-23)18-5-7-19(8-6-18)25(27)28/h1-8H,9-15H2,(H,22,26)/p+1. The van der Waals surface area contributed by atoms with Crippen LogP contribution in [0.3, 0.4) is 0 Å². The van der Waals surface area contributed by atoms with E-state index >= 15 is 0 Å². The molecule has 0 saturated carbocycles. The van der Waals surface area contributed by atoms with E-state index in [-0.39, 0.29) is 17.4 Å². The number of hydrogen-bond acceptors (Lipinski definition) is 4. The summed E-state index contributed by atoms with van der Waals surface area (Å²) in [7, 11) is 0. The second-order valence-electron chi connectivity index (χ2n) is 6.91. The third-order valence-corrected chi connectivity index (χ3v) is 4.96. The summed E-state index contributed by atoms with van der Waals surface area (Å²) in [5, 5.41) is 13.7. The van der Waals surface area contributed by atoms with Gasteiger partial charge in [0.1, 0.15) is 5.82 Å². The first-order chi connectivity index (χ1) is 13.5. The molecule has 1 amide bonds. The van der Waals surface area contributed by atoms with Gasteiger partial charge in [-0.15, -0.1) is 0 Å². The van der Waals surface area contributed by atoms with Crippen molar-refractivity contribution >= 4 is 17.3 Å². The van der Waals surface area contributed by atoms with Gasteiger partial charge in [-0.25, -0.2) is 4.39 Å². The SMILES string of the molecule is O=C(C[NH+]1CCN(c2ccc([N+](=O)[O-])cc2)CC1)NCCc1ccc(F)cc1. The van der Waals surface area contributed by atoms with E-state index in [4.69, 9.17) is 0 Å². The minimum atomic E-state index is -0.402. The molecular formula is C20H24FN4O3+. The Morgan fingerprint density at radius 3 is 2.36 bits per heavy atom.